The van der Waals surface area contributed by atoms with Gasteiger partial charge in [0.25, 0.3) is 5.78 Å². The zero-order valence-corrected chi connectivity index (χ0v) is 8.72. The van der Waals surface area contributed by atoms with E-state index in [0.29, 0.717) is 5.56 Å². The van der Waals surface area contributed by atoms with Gasteiger partial charge in [0.2, 0.25) is 0 Å². The molecule has 1 aromatic carbocycles. The van der Waals surface area contributed by atoms with Crippen LogP contribution in [0, 0.1) is 6.92 Å². The Kier molecular flexibility index (Phi) is 3.30. The number of aliphatic carboxylic acids is 1. The van der Waals surface area contributed by atoms with Crippen LogP contribution in [0.3, 0.4) is 0 Å². The number of carboxylic acids is 1. The topological polar surface area (TPSA) is 54.4 Å². The molecule has 1 rings (SSSR count). The van der Waals surface area contributed by atoms with Crippen LogP contribution in [0.1, 0.15) is 15.9 Å². The Morgan fingerprint density at radius 1 is 1.36 bits per heavy atom. The summed E-state index contributed by atoms with van der Waals surface area (Å²) in [7, 11) is 0. The summed E-state index contributed by atoms with van der Waals surface area (Å²) in [6, 6.07) is 5.10. The van der Waals surface area contributed by atoms with Gasteiger partial charge in [0.1, 0.15) is 0 Å². The molecule has 0 fully saturated rings. The van der Waals surface area contributed by atoms with Gasteiger partial charge in [-0.3, -0.25) is 4.79 Å². The lowest BCUT2D eigenvalue weighted by Crippen LogP contribution is -2.13. The van der Waals surface area contributed by atoms with Crippen molar-refractivity contribution in [3.63, 3.8) is 0 Å². The van der Waals surface area contributed by atoms with E-state index >= 15 is 0 Å². The van der Waals surface area contributed by atoms with Gasteiger partial charge in [-0.05, 0) is 36.9 Å². The fourth-order valence-corrected chi connectivity index (χ4v) is 1.63. The molecule has 0 aromatic heterocycles. The molecule has 0 aliphatic carbocycles. The number of thioether (sulfide) groups is 1. The van der Waals surface area contributed by atoms with Crippen LogP contribution in [0.15, 0.2) is 23.1 Å². The summed E-state index contributed by atoms with van der Waals surface area (Å²) < 4.78 is 0. The van der Waals surface area contributed by atoms with Crippen molar-refractivity contribution in [1.29, 1.82) is 0 Å². The number of Topliss-reactive ketones (excluding diaryl/α,β-unsaturated/α-hetero) is 1. The van der Waals surface area contributed by atoms with Crippen molar-refractivity contribution in [2.45, 2.75) is 11.8 Å². The molecule has 0 aliphatic rings. The maximum atomic E-state index is 11.2. The number of ketones is 1. The van der Waals surface area contributed by atoms with Crippen LogP contribution >= 0.6 is 11.8 Å². The van der Waals surface area contributed by atoms with Crippen molar-refractivity contribution in [3.05, 3.63) is 29.3 Å². The highest BCUT2D eigenvalue weighted by molar-refractivity contribution is 7.98. The van der Waals surface area contributed by atoms with Gasteiger partial charge in [0, 0.05) is 10.5 Å². The SMILES string of the molecule is CSc1ccc(C(=O)C(=O)O)c(C)c1. The van der Waals surface area contributed by atoms with E-state index < -0.39 is 11.8 Å². The minimum atomic E-state index is -1.41. The maximum Gasteiger partial charge on any atom is 0.377 e. The molecule has 0 spiro atoms. The molecule has 0 saturated carbocycles. The van der Waals surface area contributed by atoms with Gasteiger partial charge in [-0.25, -0.2) is 4.79 Å². The Bertz CT molecular complexity index is 385. The number of rotatable bonds is 3. The average molecular weight is 210 g/mol. The van der Waals surface area contributed by atoms with Crippen LogP contribution < -0.4 is 0 Å². The van der Waals surface area contributed by atoms with E-state index in [2.05, 4.69) is 0 Å². The lowest BCUT2D eigenvalue weighted by molar-refractivity contribution is -0.131. The summed E-state index contributed by atoms with van der Waals surface area (Å²) in [4.78, 5) is 22.6. The first kappa shape index (κ1) is 10.8. The van der Waals surface area contributed by atoms with Gasteiger partial charge in [0.15, 0.2) is 0 Å². The summed E-state index contributed by atoms with van der Waals surface area (Å²) in [6.45, 7) is 1.73. The van der Waals surface area contributed by atoms with Crippen LogP contribution in [-0.2, 0) is 4.79 Å². The molecule has 0 saturated heterocycles. The molecule has 0 aliphatic heterocycles. The highest BCUT2D eigenvalue weighted by Crippen LogP contribution is 2.19. The third kappa shape index (κ3) is 2.14. The van der Waals surface area contributed by atoms with Crippen molar-refractivity contribution in [2.24, 2.45) is 0 Å². The van der Waals surface area contributed by atoms with Crippen LogP contribution in [0.2, 0.25) is 0 Å². The van der Waals surface area contributed by atoms with E-state index in [1.54, 1.807) is 36.9 Å². The van der Waals surface area contributed by atoms with E-state index in [-0.39, 0.29) is 5.56 Å². The largest absolute Gasteiger partial charge is 0.475 e. The summed E-state index contributed by atoms with van der Waals surface area (Å²) in [5.41, 5.74) is 0.958. The third-order valence-electron chi connectivity index (χ3n) is 1.87. The molecule has 4 heteroatoms. The molecule has 14 heavy (non-hydrogen) atoms. The molecule has 3 nitrogen and oxygen atoms in total. The number of aryl methyl sites for hydroxylation is 1. The molecular weight excluding hydrogens is 200 g/mol. The zero-order chi connectivity index (χ0) is 10.7. The van der Waals surface area contributed by atoms with Crippen molar-refractivity contribution in [2.75, 3.05) is 6.26 Å². The molecular formula is C10H10O3S. The first-order chi connectivity index (χ1) is 6.56. The summed E-state index contributed by atoms with van der Waals surface area (Å²) >= 11 is 1.55. The number of hydrogen-bond acceptors (Lipinski definition) is 3. The monoisotopic (exact) mass is 210 g/mol. The van der Waals surface area contributed by atoms with Gasteiger partial charge < -0.3 is 5.11 Å². The van der Waals surface area contributed by atoms with Crippen molar-refractivity contribution >= 4 is 23.5 Å². The molecule has 0 heterocycles. The van der Waals surface area contributed by atoms with Gasteiger partial charge in [-0.15, -0.1) is 11.8 Å². The highest BCUT2D eigenvalue weighted by Gasteiger charge is 2.16. The van der Waals surface area contributed by atoms with Crippen molar-refractivity contribution < 1.29 is 14.7 Å². The van der Waals surface area contributed by atoms with E-state index in [1.165, 1.54) is 0 Å². The quantitative estimate of drug-likeness (QED) is 0.471. The Hall–Kier alpha value is -1.29. The molecule has 74 valence electrons. The number of benzene rings is 1. The normalized spacial score (nSPS) is 9.86. The van der Waals surface area contributed by atoms with E-state index in [4.69, 9.17) is 5.11 Å². The Balaban J connectivity index is 3.12. The van der Waals surface area contributed by atoms with Crippen LogP contribution in [0.25, 0.3) is 0 Å². The predicted molar refractivity (Wildman–Crippen MR) is 54.9 cm³/mol. The smallest absolute Gasteiger partial charge is 0.377 e. The summed E-state index contributed by atoms with van der Waals surface area (Å²) in [6.07, 6.45) is 1.92. The number of carbonyl (C=O) groups is 2. The first-order valence-electron chi connectivity index (χ1n) is 3.98. The standard InChI is InChI=1S/C10H10O3S/c1-6-5-7(14-2)3-4-8(6)9(11)10(12)13/h3-5H,1-2H3,(H,12,13). The van der Waals surface area contributed by atoms with Crippen LogP contribution in [0.4, 0.5) is 0 Å². The lowest BCUT2D eigenvalue weighted by atomic mass is 10.1. The molecule has 0 unspecified atom stereocenters. The molecule has 0 radical (unpaired) electrons. The number of carboxylic acid groups (broad SMARTS) is 1. The lowest BCUT2D eigenvalue weighted by Gasteiger charge is -2.03. The van der Waals surface area contributed by atoms with Gasteiger partial charge >= 0.3 is 5.97 Å². The van der Waals surface area contributed by atoms with Crippen molar-refractivity contribution in [1.82, 2.24) is 0 Å². The first-order valence-corrected chi connectivity index (χ1v) is 5.21. The molecule has 1 N–H and O–H groups in total. The van der Waals surface area contributed by atoms with Gasteiger partial charge in [-0.1, -0.05) is 0 Å². The maximum absolute atomic E-state index is 11.2. The number of hydrogen-bond donors (Lipinski definition) is 1. The van der Waals surface area contributed by atoms with E-state index in [1.807, 2.05) is 6.26 Å². The van der Waals surface area contributed by atoms with Crippen LogP contribution in [-0.4, -0.2) is 23.1 Å². The Morgan fingerprint density at radius 3 is 2.43 bits per heavy atom. The second-order valence-electron chi connectivity index (χ2n) is 2.82. The average Bonchev–Trinajstić information content (AvgIpc) is 2.16. The Morgan fingerprint density at radius 2 is 2.00 bits per heavy atom. The Labute approximate surface area is 86.1 Å². The molecule has 0 bridgehead atoms. The van der Waals surface area contributed by atoms with E-state index in [0.717, 1.165) is 4.90 Å². The minimum absolute atomic E-state index is 0.260. The third-order valence-corrected chi connectivity index (χ3v) is 2.60. The fourth-order valence-electron chi connectivity index (χ4n) is 1.13. The van der Waals surface area contributed by atoms with Crippen LogP contribution in [0.5, 0.6) is 0 Å². The zero-order valence-electron chi connectivity index (χ0n) is 7.90. The van der Waals surface area contributed by atoms with Gasteiger partial charge in [0.05, 0.1) is 0 Å². The number of carbonyl (C=O) groups excluding carboxylic acids is 1. The highest BCUT2D eigenvalue weighted by atomic mass is 32.2. The molecule has 0 amide bonds. The van der Waals surface area contributed by atoms with Gasteiger partial charge in [-0.2, -0.15) is 0 Å². The summed E-state index contributed by atoms with van der Waals surface area (Å²) in [5.74, 6) is -2.26. The molecule has 0 atom stereocenters. The second-order valence-corrected chi connectivity index (χ2v) is 3.69. The van der Waals surface area contributed by atoms with E-state index in [9.17, 15) is 9.59 Å². The predicted octanol–water partition coefficient (Wildman–Crippen LogP) is 1.98. The molecule has 1 aromatic rings. The van der Waals surface area contributed by atoms with Crippen molar-refractivity contribution in [3.8, 4) is 0 Å². The minimum Gasteiger partial charge on any atom is -0.475 e. The second kappa shape index (κ2) is 4.28. The summed E-state index contributed by atoms with van der Waals surface area (Å²) in [5, 5.41) is 8.53. The fraction of sp³-hybridized carbons (Fsp3) is 0.200.